The molecular formula is C22H21N5O4. The first-order chi connectivity index (χ1) is 14.9. The summed E-state index contributed by atoms with van der Waals surface area (Å²) in [7, 11) is 0. The van der Waals surface area contributed by atoms with Crippen LogP contribution in [0.5, 0.6) is 0 Å². The van der Waals surface area contributed by atoms with Gasteiger partial charge < -0.3 is 10.2 Å². The highest BCUT2D eigenvalue weighted by Crippen LogP contribution is 2.23. The molecule has 1 aliphatic heterocycles. The van der Waals surface area contributed by atoms with Gasteiger partial charge in [-0.25, -0.2) is 4.68 Å². The van der Waals surface area contributed by atoms with Crippen molar-refractivity contribution in [1.29, 1.82) is 0 Å². The number of nitro benzene ring substituents is 1. The van der Waals surface area contributed by atoms with Gasteiger partial charge in [0.05, 0.1) is 22.4 Å². The van der Waals surface area contributed by atoms with Gasteiger partial charge in [-0.2, -0.15) is 5.10 Å². The Labute approximate surface area is 178 Å². The first-order valence-electron chi connectivity index (χ1n) is 9.94. The molecule has 0 radical (unpaired) electrons. The van der Waals surface area contributed by atoms with Gasteiger partial charge in [0.25, 0.3) is 17.5 Å². The molecule has 1 saturated heterocycles. The van der Waals surface area contributed by atoms with Crippen LogP contribution in [0, 0.1) is 17.0 Å². The van der Waals surface area contributed by atoms with E-state index in [4.69, 9.17) is 0 Å². The van der Waals surface area contributed by atoms with Crippen molar-refractivity contribution >= 4 is 23.2 Å². The molecule has 1 N–H and O–H groups in total. The number of amides is 2. The van der Waals surface area contributed by atoms with Crippen molar-refractivity contribution < 1.29 is 14.5 Å². The number of nitrogens with zero attached hydrogens (tertiary/aromatic N) is 4. The number of likely N-dealkylation sites (tertiary alicyclic amines) is 1. The van der Waals surface area contributed by atoms with E-state index in [1.54, 1.807) is 36.5 Å². The van der Waals surface area contributed by atoms with Crippen molar-refractivity contribution in [2.75, 3.05) is 18.4 Å². The van der Waals surface area contributed by atoms with Crippen LogP contribution in [0.2, 0.25) is 0 Å². The van der Waals surface area contributed by atoms with E-state index in [1.807, 2.05) is 11.8 Å². The number of rotatable bonds is 5. The highest BCUT2D eigenvalue weighted by molar-refractivity contribution is 6.05. The first-order valence-corrected chi connectivity index (χ1v) is 9.94. The number of benzene rings is 2. The summed E-state index contributed by atoms with van der Waals surface area (Å²) in [6.07, 6.45) is 5.00. The minimum Gasteiger partial charge on any atom is -0.339 e. The number of carbonyl (C=O) groups excluding carboxylic acids is 2. The van der Waals surface area contributed by atoms with E-state index in [2.05, 4.69) is 10.4 Å². The Morgan fingerprint density at radius 3 is 2.48 bits per heavy atom. The zero-order chi connectivity index (χ0) is 22.0. The summed E-state index contributed by atoms with van der Waals surface area (Å²) in [4.78, 5) is 37.7. The molecule has 31 heavy (non-hydrogen) atoms. The highest BCUT2D eigenvalue weighted by atomic mass is 16.6. The Balaban J connectivity index is 1.51. The van der Waals surface area contributed by atoms with Crippen molar-refractivity contribution in [3.05, 3.63) is 81.7 Å². The lowest BCUT2D eigenvalue weighted by Crippen LogP contribution is -2.28. The minimum atomic E-state index is -0.476. The lowest BCUT2D eigenvalue weighted by molar-refractivity contribution is -0.384. The summed E-state index contributed by atoms with van der Waals surface area (Å²) in [5.41, 5.74) is 2.77. The topological polar surface area (TPSA) is 110 Å². The van der Waals surface area contributed by atoms with Crippen LogP contribution in [-0.4, -0.2) is 44.5 Å². The van der Waals surface area contributed by atoms with Crippen LogP contribution in [-0.2, 0) is 0 Å². The Hall–Kier alpha value is -4.01. The third-order valence-corrected chi connectivity index (χ3v) is 5.38. The van der Waals surface area contributed by atoms with E-state index in [-0.39, 0.29) is 17.5 Å². The van der Waals surface area contributed by atoms with Gasteiger partial charge in [-0.05, 0) is 49.6 Å². The predicted octanol–water partition coefficient (Wildman–Crippen LogP) is 3.58. The number of nitro groups is 1. The molecule has 9 heteroatoms. The maximum atomic E-state index is 12.8. The fourth-order valence-corrected chi connectivity index (χ4v) is 3.60. The second-order valence-corrected chi connectivity index (χ2v) is 7.38. The van der Waals surface area contributed by atoms with E-state index in [0.717, 1.165) is 31.5 Å². The van der Waals surface area contributed by atoms with Crippen LogP contribution >= 0.6 is 0 Å². The second kappa shape index (κ2) is 8.39. The molecule has 158 valence electrons. The van der Waals surface area contributed by atoms with Crippen LogP contribution in [0.4, 0.5) is 11.4 Å². The molecule has 2 heterocycles. The van der Waals surface area contributed by atoms with Crippen molar-refractivity contribution in [3.63, 3.8) is 0 Å². The molecule has 1 fully saturated rings. The molecule has 9 nitrogen and oxygen atoms in total. The standard InChI is InChI=1S/C22H21N5O4/c1-15-19(22(29)25-11-2-3-12-25)5-4-6-20(15)24-21(28)16-13-23-26(14-16)17-7-9-18(10-8-17)27(30)31/h4-10,13-14H,2-3,11-12H2,1H3,(H,24,28). The lowest BCUT2D eigenvalue weighted by atomic mass is 10.1. The van der Waals surface area contributed by atoms with E-state index in [0.29, 0.717) is 22.5 Å². The Kier molecular flexibility index (Phi) is 5.48. The van der Waals surface area contributed by atoms with Crippen LogP contribution in [0.3, 0.4) is 0 Å². The fourth-order valence-electron chi connectivity index (χ4n) is 3.60. The SMILES string of the molecule is Cc1c(NC(=O)c2cnn(-c3ccc([N+](=O)[O-])cc3)c2)cccc1C(=O)N1CCCC1. The average molecular weight is 419 g/mol. The number of non-ortho nitro benzene ring substituents is 1. The van der Waals surface area contributed by atoms with Gasteiger partial charge in [-0.1, -0.05) is 6.07 Å². The number of aromatic nitrogens is 2. The molecule has 3 aromatic rings. The zero-order valence-electron chi connectivity index (χ0n) is 16.9. The van der Waals surface area contributed by atoms with E-state index < -0.39 is 4.92 Å². The van der Waals surface area contributed by atoms with Crippen molar-refractivity contribution in [1.82, 2.24) is 14.7 Å². The van der Waals surface area contributed by atoms with Gasteiger partial charge in [0.15, 0.2) is 0 Å². The molecule has 1 aromatic heterocycles. The first kappa shape index (κ1) is 20.3. The molecule has 2 amide bonds. The van der Waals surface area contributed by atoms with Crippen molar-refractivity contribution in [2.24, 2.45) is 0 Å². The lowest BCUT2D eigenvalue weighted by Gasteiger charge is -2.18. The van der Waals surface area contributed by atoms with Crippen molar-refractivity contribution in [3.8, 4) is 5.69 Å². The van der Waals surface area contributed by atoms with E-state index >= 15 is 0 Å². The molecule has 2 aromatic carbocycles. The largest absolute Gasteiger partial charge is 0.339 e. The number of nitrogens with one attached hydrogen (secondary N) is 1. The predicted molar refractivity (Wildman–Crippen MR) is 114 cm³/mol. The fraction of sp³-hybridized carbons (Fsp3) is 0.227. The molecule has 0 aliphatic carbocycles. The van der Waals surface area contributed by atoms with Crippen molar-refractivity contribution in [2.45, 2.75) is 19.8 Å². The number of hydrogen-bond acceptors (Lipinski definition) is 5. The summed E-state index contributed by atoms with van der Waals surface area (Å²) in [6.45, 7) is 3.34. The maximum absolute atomic E-state index is 12.8. The molecule has 4 rings (SSSR count). The summed E-state index contributed by atoms with van der Waals surface area (Å²) in [5.74, 6) is -0.376. The van der Waals surface area contributed by atoms with Crippen LogP contribution in [0.15, 0.2) is 54.9 Å². The third-order valence-electron chi connectivity index (χ3n) is 5.38. The summed E-state index contributed by atoms with van der Waals surface area (Å²) < 4.78 is 1.47. The third kappa shape index (κ3) is 4.16. The van der Waals surface area contributed by atoms with Gasteiger partial charge in [0, 0.05) is 42.7 Å². The zero-order valence-corrected chi connectivity index (χ0v) is 16.9. The van der Waals surface area contributed by atoms with Crippen LogP contribution in [0.1, 0.15) is 39.1 Å². The summed E-state index contributed by atoms with van der Waals surface area (Å²) >= 11 is 0. The van der Waals surface area contributed by atoms with Crippen LogP contribution in [0.25, 0.3) is 5.69 Å². The van der Waals surface area contributed by atoms with Gasteiger partial charge >= 0.3 is 0 Å². The smallest absolute Gasteiger partial charge is 0.269 e. The molecule has 0 bridgehead atoms. The van der Waals surface area contributed by atoms with Gasteiger partial charge in [-0.15, -0.1) is 0 Å². The molecule has 0 atom stereocenters. The van der Waals surface area contributed by atoms with Gasteiger partial charge in [-0.3, -0.25) is 19.7 Å². The molecule has 1 aliphatic rings. The molecular weight excluding hydrogens is 398 g/mol. The van der Waals surface area contributed by atoms with E-state index in [9.17, 15) is 19.7 Å². The average Bonchev–Trinajstić information content (AvgIpc) is 3.47. The molecule has 0 saturated carbocycles. The second-order valence-electron chi connectivity index (χ2n) is 7.38. The van der Waals surface area contributed by atoms with Gasteiger partial charge in [0.2, 0.25) is 0 Å². The Morgan fingerprint density at radius 2 is 1.81 bits per heavy atom. The van der Waals surface area contributed by atoms with E-state index in [1.165, 1.54) is 23.0 Å². The number of anilines is 1. The minimum absolute atomic E-state index is 0.0166. The van der Waals surface area contributed by atoms with Gasteiger partial charge in [0.1, 0.15) is 0 Å². The number of hydrogen-bond donors (Lipinski definition) is 1. The van der Waals surface area contributed by atoms with Crippen LogP contribution < -0.4 is 5.32 Å². The quantitative estimate of drug-likeness (QED) is 0.502. The molecule has 0 unspecified atom stereocenters. The summed E-state index contributed by atoms with van der Waals surface area (Å²) in [6, 6.07) is 11.2. The Morgan fingerprint density at radius 1 is 1.10 bits per heavy atom. The summed E-state index contributed by atoms with van der Waals surface area (Å²) in [5, 5.41) is 17.8. The number of carbonyl (C=O) groups is 2. The highest BCUT2D eigenvalue weighted by Gasteiger charge is 2.22. The monoisotopic (exact) mass is 419 g/mol. The normalized spacial score (nSPS) is 13.3. The maximum Gasteiger partial charge on any atom is 0.269 e. The molecule has 0 spiro atoms. The Bertz CT molecular complexity index is 1150.